The maximum Gasteiger partial charge on any atom is 0.319 e. The minimum atomic E-state index is -0.237. The summed E-state index contributed by atoms with van der Waals surface area (Å²) >= 11 is 0. The van der Waals surface area contributed by atoms with Gasteiger partial charge in [0.15, 0.2) is 0 Å². The molecule has 2 aromatic rings. The smallest absolute Gasteiger partial charge is 0.319 e. The van der Waals surface area contributed by atoms with Crippen molar-refractivity contribution < 1.29 is 9.59 Å². The zero-order valence-electron chi connectivity index (χ0n) is 20.3. The van der Waals surface area contributed by atoms with Crippen molar-refractivity contribution in [2.24, 2.45) is 5.92 Å². The lowest BCUT2D eigenvalue weighted by molar-refractivity contribution is -0.138. The number of hydrogen-bond acceptors (Lipinski definition) is 3. The molecule has 0 saturated carbocycles. The molecule has 6 heteroatoms. The molecule has 0 unspecified atom stereocenters. The predicted molar refractivity (Wildman–Crippen MR) is 133 cm³/mol. The van der Waals surface area contributed by atoms with E-state index in [2.05, 4.69) is 43.5 Å². The van der Waals surface area contributed by atoms with E-state index in [0.717, 1.165) is 29.7 Å². The number of anilines is 2. The first-order chi connectivity index (χ1) is 15.3. The molecule has 2 aromatic carbocycles. The Labute approximate surface area is 193 Å². The van der Waals surface area contributed by atoms with E-state index in [1.807, 2.05) is 67.2 Å². The molecule has 32 heavy (non-hydrogen) atoms. The molecule has 0 fully saturated rings. The van der Waals surface area contributed by atoms with Gasteiger partial charge in [-0.3, -0.25) is 4.79 Å². The zero-order chi connectivity index (χ0) is 23.7. The summed E-state index contributed by atoms with van der Waals surface area (Å²) in [7, 11) is 3.98. The van der Waals surface area contributed by atoms with Crippen molar-refractivity contribution in [3.63, 3.8) is 0 Å². The summed E-state index contributed by atoms with van der Waals surface area (Å²) in [5.41, 5.74) is 3.83. The largest absolute Gasteiger partial charge is 0.377 e. The summed E-state index contributed by atoms with van der Waals surface area (Å²) in [4.78, 5) is 29.6. The minimum absolute atomic E-state index is 0.0133. The molecule has 3 amide bonds. The van der Waals surface area contributed by atoms with Crippen molar-refractivity contribution in [1.82, 2.24) is 10.2 Å². The van der Waals surface area contributed by atoms with Crippen LogP contribution in [0.15, 0.2) is 48.5 Å². The molecule has 0 spiro atoms. The second-order valence-electron chi connectivity index (χ2n) is 8.29. The van der Waals surface area contributed by atoms with E-state index in [1.165, 1.54) is 0 Å². The highest BCUT2D eigenvalue weighted by Gasteiger charge is 2.27. The molecule has 174 valence electrons. The summed E-state index contributed by atoms with van der Waals surface area (Å²) in [5, 5.41) is 5.64. The SMILES string of the molecule is CCNC(=O)Nc1ccc(N(C)C)c(CN(C(=O)C(CC)CC)[C@H](C)c2ccccc2)c1. The van der Waals surface area contributed by atoms with Gasteiger partial charge < -0.3 is 20.4 Å². The van der Waals surface area contributed by atoms with Crippen LogP contribution in [0.4, 0.5) is 16.2 Å². The van der Waals surface area contributed by atoms with Gasteiger partial charge in [-0.1, -0.05) is 44.2 Å². The lowest BCUT2D eigenvalue weighted by Gasteiger charge is -2.34. The van der Waals surface area contributed by atoms with Gasteiger partial charge in [0, 0.05) is 44.5 Å². The Bertz CT molecular complexity index is 879. The first-order valence-corrected chi connectivity index (χ1v) is 11.5. The molecule has 2 rings (SSSR count). The Balaban J connectivity index is 2.45. The molecule has 2 N–H and O–H groups in total. The van der Waals surface area contributed by atoms with Crippen LogP contribution in [0, 0.1) is 5.92 Å². The molecule has 6 nitrogen and oxygen atoms in total. The molecule has 0 aliphatic heterocycles. The first kappa shape index (κ1) is 25.2. The van der Waals surface area contributed by atoms with E-state index in [9.17, 15) is 9.59 Å². The Morgan fingerprint density at radius 3 is 2.19 bits per heavy atom. The highest BCUT2D eigenvalue weighted by molar-refractivity contribution is 5.89. The lowest BCUT2D eigenvalue weighted by atomic mass is 9.98. The van der Waals surface area contributed by atoms with Crippen LogP contribution in [0.2, 0.25) is 0 Å². The predicted octanol–water partition coefficient (Wildman–Crippen LogP) is 5.42. The fraction of sp³-hybridized carbons (Fsp3) is 0.462. The molecule has 0 saturated heterocycles. The Kier molecular flexibility index (Phi) is 9.57. The molecule has 1 atom stereocenters. The van der Waals surface area contributed by atoms with Crippen molar-refractivity contribution in [1.29, 1.82) is 0 Å². The van der Waals surface area contributed by atoms with Crippen molar-refractivity contribution in [2.45, 2.75) is 53.1 Å². The van der Waals surface area contributed by atoms with Crippen LogP contribution in [0.5, 0.6) is 0 Å². The van der Waals surface area contributed by atoms with Gasteiger partial charge >= 0.3 is 6.03 Å². The zero-order valence-corrected chi connectivity index (χ0v) is 20.3. The summed E-state index contributed by atoms with van der Waals surface area (Å²) in [5.74, 6) is 0.152. The number of benzene rings is 2. The third-order valence-corrected chi connectivity index (χ3v) is 5.86. The van der Waals surface area contributed by atoms with Crippen LogP contribution in [-0.2, 0) is 11.3 Å². The van der Waals surface area contributed by atoms with Crippen LogP contribution >= 0.6 is 0 Å². The normalized spacial score (nSPS) is 11.7. The number of hydrogen-bond donors (Lipinski definition) is 2. The van der Waals surface area contributed by atoms with Gasteiger partial charge in [0.25, 0.3) is 0 Å². The van der Waals surface area contributed by atoms with Gasteiger partial charge in [-0.25, -0.2) is 4.79 Å². The average Bonchev–Trinajstić information content (AvgIpc) is 2.78. The summed E-state index contributed by atoms with van der Waals surface area (Å²) in [6.07, 6.45) is 1.62. The number of carbonyl (C=O) groups is 2. The van der Waals surface area contributed by atoms with Crippen molar-refractivity contribution >= 4 is 23.3 Å². The van der Waals surface area contributed by atoms with Crippen molar-refractivity contribution in [2.75, 3.05) is 30.9 Å². The first-order valence-electron chi connectivity index (χ1n) is 11.5. The highest BCUT2D eigenvalue weighted by Crippen LogP contribution is 2.30. The third kappa shape index (κ3) is 6.49. The molecule has 0 bridgehead atoms. The monoisotopic (exact) mass is 438 g/mol. The number of carbonyl (C=O) groups excluding carboxylic acids is 2. The van der Waals surface area contributed by atoms with Gasteiger partial charge in [-0.2, -0.15) is 0 Å². The van der Waals surface area contributed by atoms with E-state index in [1.54, 1.807) is 0 Å². The van der Waals surface area contributed by atoms with Crippen molar-refractivity contribution in [3.8, 4) is 0 Å². The van der Waals surface area contributed by atoms with E-state index < -0.39 is 0 Å². The fourth-order valence-corrected chi connectivity index (χ4v) is 3.94. The molecule has 0 radical (unpaired) electrons. The van der Waals surface area contributed by atoms with Crippen LogP contribution < -0.4 is 15.5 Å². The summed E-state index contributed by atoms with van der Waals surface area (Å²) in [6.45, 7) is 9.12. The standard InChI is InChI=1S/C26H38N4O2/c1-7-20(8-2)25(31)30(19(4)21-13-11-10-12-14-21)18-22-17-23(28-26(32)27-9-3)15-16-24(22)29(5)6/h10-17,19-20H,7-9,18H2,1-6H3,(H2,27,28,32)/t19-/m1/s1. The van der Waals surface area contributed by atoms with Gasteiger partial charge in [0.2, 0.25) is 5.91 Å². The summed E-state index contributed by atoms with van der Waals surface area (Å²) in [6, 6.07) is 15.7. The summed E-state index contributed by atoms with van der Waals surface area (Å²) < 4.78 is 0. The Morgan fingerprint density at radius 2 is 1.62 bits per heavy atom. The molecule has 0 aliphatic carbocycles. The topological polar surface area (TPSA) is 64.7 Å². The molecular weight excluding hydrogens is 400 g/mol. The van der Waals surface area contributed by atoms with Crippen LogP contribution in [-0.4, -0.2) is 37.5 Å². The maximum absolute atomic E-state index is 13.6. The Hall–Kier alpha value is -3.02. The highest BCUT2D eigenvalue weighted by atomic mass is 16.2. The quantitative estimate of drug-likeness (QED) is 0.521. The number of rotatable bonds is 10. The van der Waals surface area contributed by atoms with Gasteiger partial charge in [-0.05, 0) is 56.0 Å². The van der Waals surface area contributed by atoms with E-state index in [0.29, 0.717) is 18.8 Å². The molecule has 0 aromatic heterocycles. The number of nitrogens with one attached hydrogen (secondary N) is 2. The second kappa shape index (κ2) is 12.1. The molecule has 0 aliphatic rings. The van der Waals surface area contributed by atoms with Gasteiger partial charge in [0.1, 0.15) is 0 Å². The molecule has 0 heterocycles. The van der Waals surface area contributed by atoms with Crippen LogP contribution in [0.25, 0.3) is 0 Å². The third-order valence-electron chi connectivity index (χ3n) is 5.86. The second-order valence-corrected chi connectivity index (χ2v) is 8.29. The number of nitrogens with zero attached hydrogens (tertiary/aromatic N) is 2. The fourth-order valence-electron chi connectivity index (χ4n) is 3.94. The van der Waals surface area contributed by atoms with Crippen LogP contribution in [0.3, 0.4) is 0 Å². The van der Waals surface area contributed by atoms with E-state index in [-0.39, 0.29) is 23.9 Å². The average molecular weight is 439 g/mol. The van der Waals surface area contributed by atoms with Crippen LogP contribution in [0.1, 0.15) is 57.7 Å². The van der Waals surface area contributed by atoms with Gasteiger partial charge in [0.05, 0.1) is 6.04 Å². The lowest BCUT2D eigenvalue weighted by Crippen LogP contribution is -2.37. The van der Waals surface area contributed by atoms with E-state index in [4.69, 9.17) is 0 Å². The molecular formula is C26H38N4O2. The number of urea groups is 1. The number of amides is 3. The van der Waals surface area contributed by atoms with E-state index >= 15 is 0 Å². The Morgan fingerprint density at radius 1 is 0.969 bits per heavy atom. The van der Waals surface area contributed by atoms with Gasteiger partial charge in [-0.15, -0.1) is 0 Å². The van der Waals surface area contributed by atoms with Crippen molar-refractivity contribution in [3.05, 3.63) is 59.7 Å². The minimum Gasteiger partial charge on any atom is -0.377 e. The maximum atomic E-state index is 13.6.